The van der Waals surface area contributed by atoms with Gasteiger partial charge in [-0.15, -0.1) is 0 Å². The summed E-state index contributed by atoms with van der Waals surface area (Å²) in [6, 6.07) is 10.4. The van der Waals surface area contributed by atoms with Gasteiger partial charge in [-0.3, -0.25) is 0 Å². The first-order valence-corrected chi connectivity index (χ1v) is 7.54. The van der Waals surface area contributed by atoms with E-state index in [-0.39, 0.29) is 0 Å². The van der Waals surface area contributed by atoms with E-state index < -0.39 is 0 Å². The largest absolute Gasteiger partial charge is 0.355 e. The molecule has 20 heavy (non-hydrogen) atoms. The fraction of sp³-hybridized carbons (Fsp3) is 0.333. The molecule has 1 N–H and O–H groups in total. The van der Waals surface area contributed by atoms with E-state index in [9.17, 15) is 0 Å². The zero-order valence-electron chi connectivity index (χ0n) is 11.4. The van der Waals surface area contributed by atoms with Crippen LogP contribution in [-0.4, -0.2) is 23.6 Å². The van der Waals surface area contributed by atoms with Gasteiger partial charge in [0.25, 0.3) is 0 Å². The predicted molar refractivity (Wildman–Crippen MR) is 83.7 cm³/mol. The molecule has 1 aromatic carbocycles. The molecule has 0 unspecified atom stereocenters. The molecule has 0 radical (unpaired) electrons. The summed E-state index contributed by atoms with van der Waals surface area (Å²) in [6.07, 6.45) is 0.961. The highest BCUT2D eigenvalue weighted by Crippen LogP contribution is 2.25. The molecule has 0 atom stereocenters. The lowest BCUT2D eigenvalue weighted by atomic mass is 10.1. The van der Waals surface area contributed by atoms with Crippen LogP contribution < -0.4 is 10.2 Å². The van der Waals surface area contributed by atoms with Gasteiger partial charge in [0.2, 0.25) is 0 Å². The van der Waals surface area contributed by atoms with Crippen molar-refractivity contribution in [2.45, 2.75) is 19.5 Å². The van der Waals surface area contributed by atoms with Gasteiger partial charge in [-0.25, -0.2) is 9.97 Å². The van der Waals surface area contributed by atoms with E-state index in [1.54, 1.807) is 0 Å². The molecule has 0 bridgehead atoms. The van der Waals surface area contributed by atoms with Gasteiger partial charge in [0.1, 0.15) is 5.82 Å². The number of halogens is 1. The van der Waals surface area contributed by atoms with E-state index in [4.69, 9.17) is 0 Å². The molecule has 0 amide bonds. The molecule has 5 heteroatoms. The molecule has 0 aliphatic carbocycles. The van der Waals surface area contributed by atoms with Gasteiger partial charge in [0.15, 0.2) is 4.73 Å². The fourth-order valence-corrected chi connectivity index (χ4v) is 2.93. The Hall–Kier alpha value is -1.46. The van der Waals surface area contributed by atoms with E-state index >= 15 is 0 Å². The average Bonchev–Trinajstić information content (AvgIpc) is 2.47. The molecule has 4 nitrogen and oxygen atoms in total. The number of aromatic nitrogens is 2. The summed E-state index contributed by atoms with van der Waals surface area (Å²) in [5.41, 5.74) is 3.65. The fourth-order valence-electron chi connectivity index (χ4n) is 2.54. The van der Waals surface area contributed by atoms with Crippen molar-refractivity contribution in [2.24, 2.45) is 0 Å². The first-order chi connectivity index (χ1) is 9.74. The Labute approximate surface area is 127 Å². The van der Waals surface area contributed by atoms with Crippen molar-refractivity contribution in [3.63, 3.8) is 0 Å². The van der Waals surface area contributed by atoms with Crippen LogP contribution in [0.1, 0.15) is 16.8 Å². The predicted octanol–water partition coefficient (Wildman–Crippen LogP) is 2.52. The van der Waals surface area contributed by atoms with Crippen LogP contribution in [0, 0.1) is 0 Å². The maximum absolute atomic E-state index is 4.57. The number of rotatable bonds is 3. The summed E-state index contributed by atoms with van der Waals surface area (Å²) in [5.74, 6) is 1.01. The maximum atomic E-state index is 4.57. The Morgan fingerprint density at radius 1 is 1.25 bits per heavy atom. The van der Waals surface area contributed by atoms with E-state index in [1.807, 2.05) is 6.07 Å². The van der Waals surface area contributed by atoms with Crippen molar-refractivity contribution >= 4 is 21.7 Å². The third-order valence-corrected chi connectivity index (χ3v) is 3.86. The first kappa shape index (κ1) is 13.5. The van der Waals surface area contributed by atoms with Crippen LogP contribution in [0.3, 0.4) is 0 Å². The molecule has 1 aliphatic rings. The van der Waals surface area contributed by atoms with E-state index in [1.165, 1.54) is 11.1 Å². The van der Waals surface area contributed by atoms with Crippen molar-refractivity contribution in [3.8, 4) is 0 Å². The van der Waals surface area contributed by atoms with Gasteiger partial charge in [0.05, 0.1) is 5.69 Å². The third kappa shape index (κ3) is 2.83. The van der Waals surface area contributed by atoms with Crippen LogP contribution in [0.25, 0.3) is 0 Å². The molecule has 2 aromatic rings. The number of hydrogen-bond acceptors (Lipinski definition) is 4. The van der Waals surface area contributed by atoms with Crippen molar-refractivity contribution in [1.29, 1.82) is 0 Å². The molecule has 2 heterocycles. The highest BCUT2D eigenvalue weighted by Gasteiger charge is 2.19. The molecule has 0 spiro atoms. The van der Waals surface area contributed by atoms with Crippen LogP contribution in [0.2, 0.25) is 0 Å². The lowest BCUT2D eigenvalue weighted by Gasteiger charge is -2.25. The van der Waals surface area contributed by atoms with Gasteiger partial charge < -0.3 is 10.2 Å². The summed E-state index contributed by atoms with van der Waals surface area (Å²) in [6.45, 7) is 2.67. The van der Waals surface area contributed by atoms with Gasteiger partial charge in [0, 0.05) is 38.7 Å². The molecular formula is C15H17BrN4. The summed E-state index contributed by atoms with van der Waals surface area (Å²) in [7, 11) is 2.08. The van der Waals surface area contributed by atoms with Crippen LogP contribution in [0.15, 0.2) is 35.1 Å². The first-order valence-electron chi connectivity index (χ1n) is 6.75. The second kappa shape index (κ2) is 5.89. The quantitative estimate of drug-likeness (QED) is 0.877. The molecule has 3 rings (SSSR count). The van der Waals surface area contributed by atoms with Crippen LogP contribution >= 0.6 is 15.9 Å². The van der Waals surface area contributed by atoms with E-state index in [2.05, 4.69) is 67.4 Å². The summed E-state index contributed by atoms with van der Waals surface area (Å²) in [4.78, 5) is 11.3. The smallest absolute Gasteiger partial charge is 0.198 e. The lowest BCUT2D eigenvalue weighted by Crippen LogP contribution is -2.29. The lowest BCUT2D eigenvalue weighted by molar-refractivity contribution is 0.620. The van der Waals surface area contributed by atoms with Crippen molar-refractivity contribution < 1.29 is 0 Å². The molecule has 0 fully saturated rings. The number of fused-ring (bicyclic) bond motifs is 1. The Bertz CT molecular complexity index is 600. The monoisotopic (exact) mass is 332 g/mol. The molecule has 1 aliphatic heterocycles. The summed E-state index contributed by atoms with van der Waals surface area (Å²) < 4.78 is 0.674. The maximum Gasteiger partial charge on any atom is 0.198 e. The van der Waals surface area contributed by atoms with Crippen molar-refractivity contribution in [1.82, 2.24) is 15.3 Å². The topological polar surface area (TPSA) is 41.1 Å². The standard InChI is InChI=1S/C15H17BrN4/c1-20(10-11-5-3-2-4-6-11)14-12-9-17-8-7-13(12)18-15(16)19-14/h2-6,17H,7-10H2,1H3. The molecule has 104 valence electrons. The van der Waals surface area contributed by atoms with Gasteiger partial charge in [-0.05, 0) is 21.5 Å². The highest BCUT2D eigenvalue weighted by atomic mass is 79.9. The average molecular weight is 333 g/mol. The summed E-state index contributed by atoms with van der Waals surface area (Å²) in [5, 5.41) is 3.40. The Kier molecular flexibility index (Phi) is 3.98. The molecular weight excluding hydrogens is 316 g/mol. The Morgan fingerprint density at radius 2 is 2.05 bits per heavy atom. The van der Waals surface area contributed by atoms with Crippen LogP contribution in [0.5, 0.6) is 0 Å². The number of benzene rings is 1. The second-order valence-electron chi connectivity index (χ2n) is 5.01. The van der Waals surface area contributed by atoms with Gasteiger partial charge in [-0.1, -0.05) is 30.3 Å². The number of nitrogens with one attached hydrogen (secondary N) is 1. The molecule has 1 aromatic heterocycles. The SMILES string of the molecule is CN(Cc1ccccc1)c1nc(Br)nc2c1CNCC2. The van der Waals surface area contributed by atoms with Crippen molar-refractivity contribution in [3.05, 3.63) is 51.9 Å². The molecule has 0 saturated heterocycles. The minimum atomic E-state index is 0.674. The second-order valence-corrected chi connectivity index (χ2v) is 5.72. The van der Waals surface area contributed by atoms with Crippen LogP contribution in [-0.2, 0) is 19.5 Å². The minimum Gasteiger partial charge on any atom is -0.355 e. The Balaban J connectivity index is 1.91. The third-order valence-electron chi connectivity index (χ3n) is 3.51. The summed E-state index contributed by atoms with van der Waals surface area (Å²) >= 11 is 3.43. The zero-order valence-corrected chi connectivity index (χ0v) is 13.0. The normalized spacial score (nSPS) is 13.9. The van der Waals surface area contributed by atoms with Gasteiger partial charge in [-0.2, -0.15) is 0 Å². The Morgan fingerprint density at radius 3 is 2.85 bits per heavy atom. The van der Waals surface area contributed by atoms with E-state index in [0.717, 1.165) is 37.6 Å². The van der Waals surface area contributed by atoms with Crippen molar-refractivity contribution in [2.75, 3.05) is 18.5 Å². The van der Waals surface area contributed by atoms with Gasteiger partial charge >= 0.3 is 0 Å². The zero-order chi connectivity index (χ0) is 13.9. The minimum absolute atomic E-state index is 0.674. The van der Waals surface area contributed by atoms with E-state index in [0.29, 0.717) is 4.73 Å². The number of nitrogens with zero attached hydrogens (tertiary/aromatic N) is 3. The number of anilines is 1. The number of hydrogen-bond donors (Lipinski definition) is 1. The highest BCUT2D eigenvalue weighted by molar-refractivity contribution is 9.10. The molecule has 0 saturated carbocycles. The van der Waals surface area contributed by atoms with Crippen LogP contribution in [0.4, 0.5) is 5.82 Å².